The van der Waals surface area contributed by atoms with Gasteiger partial charge in [-0.1, -0.05) is 6.07 Å². The van der Waals surface area contributed by atoms with E-state index in [1.807, 2.05) is 19.9 Å². The highest BCUT2D eigenvalue weighted by molar-refractivity contribution is 5.43. The summed E-state index contributed by atoms with van der Waals surface area (Å²) >= 11 is 0. The Morgan fingerprint density at radius 2 is 1.82 bits per heavy atom. The molecular formula is C18H26N2O2. The van der Waals surface area contributed by atoms with Gasteiger partial charge in [-0.15, -0.1) is 0 Å². The van der Waals surface area contributed by atoms with Gasteiger partial charge in [-0.2, -0.15) is 0 Å². The van der Waals surface area contributed by atoms with Crippen LogP contribution in [0, 0.1) is 0 Å². The highest BCUT2D eigenvalue weighted by atomic mass is 16.5. The lowest BCUT2D eigenvalue weighted by atomic mass is 10.1. The molecule has 1 aromatic carbocycles. The fourth-order valence-corrected chi connectivity index (χ4v) is 2.39. The number of benzene rings is 1. The fraction of sp³-hybridized carbons (Fsp3) is 0.444. The largest absolute Gasteiger partial charge is 0.490 e. The lowest BCUT2D eigenvalue weighted by Gasteiger charge is -2.17. The van der Waals surface area contributed by atoms with Gasteiger partial charge in [-0.05, 0) is 50.6 Å². The van der Waals surface area contributed by atoms with Crippen molar-refractivity contribution >= 4 is 0 Å². The minimum atomic E-state index is 0.241. The Morgan fingerprint density at radius 3 is 2.45 bits per heavy atom. The number of ether oxygens (including phenoxy) is 2. The minimum absolute atomic E-state index is 0.241. The Bertz CT molecular complexity index is 593. The molecule has 0 saturated carbocycles. The summed E-state index contributed by atoms with van der Waals surface area (Å²) in [4.78, 5) is 0. The van der Waals surface area contributed by atoms with E-state index >= 15 is 0 Å². The second kappa shape index (κ2) is 7.90. The van der Waals surface area contributed by atoms with Gasteiger partial charge < -0.3 is 19.4 Å². The molecule has 0 bridgehead atoms. The van der Waals surface area contributed by atoms with Gasteiger partial charge in [-0.3, -0.25) is 0 Å². The number of rotatable bonds is 8. The molecule has 2 rings (SSSR count). The molecule has 1 N–H and O–H groups in total. The predicted molar refractivity (Wildman–Crippen MR) is 89.4 cm³/mol. The van der Waals surface area contributed by atoms with E-state index in [1.165, 1.54) is 11.3 Å². The smallest absolute Gasteiger partial charge is 0.161 e. The van der Waals surface area contributed by atoms with Crippen LogP contribution >= 0.6 is 0 Å². The number of aryl methyl sites for hydroxylation is 1. The molecule has 0 radical (unpaired) electrons. The van der Waals surface area contributed by atoms with Crippen LogP contribution < -0.4 is 14.8 Å². The molecule has 2 aromatic rings. The standard InChI is InChI=1S/C18H26N2O2/c1-5-21-17-10-9-15(12-18(17)22-6-2)14(3)19-13-16-8-7-11-20(16)4/h7-12,14,19H,5-6,13H2,1-4H3. The van der Waals surface area contributed by atoms with E-state index in [0.29, 0.717) is 13.2 Å². The minimum Gasteiger partial charge on any atom is -0.490 e. The van der Waals surface area contributed by atoms with Crippen molar-refractivity contribution in [2.45, 2.75) is 33.4 Å². The monoisotopic (exact) mass is 302 g/mol. The van der Waals surface area contributed by atoms with Crippen molar-refractivity contribution in [2.75, 3.05) is 13.2 Å². The zero-order valence-corrected chi connectivity index (χ0v) is 13.9. The first-order valence-electron chi connectivity index (χ1n) is 7.88. The van der Waals surface area contributed by atoms with Crippen LogP contribution in [0.15, 0.2) is 36.5 Å². The van der Waals surface area contributed by atoms with E-state index in [4.69, 9.17) is 9.47 Å². The average Bonchev–Trinajstić information content (AvgIpc) is 2.92. The Kier molecular flexibility index (Phi) is 5.90. The van der Waals surface area contributed by atoms with E-state index in [-0.39, 0.29) is 6.04 Å². The van der Waals surface area contributed by atoms with Crippen molar-refractivity contribution < 1.29 is 9.47 Å². The van der Waals surface area contributed by atoms with Crippen LogP contribution in [0.4, 0.5) is 0 Å². The predicted octanol–water partition coefficient (Wildman–Crippen LogP) is 3.67. The molecule has 1 unspecified atom stereocenters. The maximum Gasteiger partial charge on any atom is 0.161 e. The summed E-state index contributed by atoms with van der Waals surface area (Å²) in [5.74, 6) is 1.62. The lowest BCUT2D eigenvalue weighted by molar-refractivity contribution is 0.287. The molecule has 0 amide bonds. The number of nitrogens with one attached hydrogen (secondary N) is 1. The summed E-state index contributed by atoms with van der Waals surface area (Å²) in [5, 5.41) is 3.55. The van der Waals surface area contributed by atoms with Gasteiger partial charge in [0.05, 0.1) is 13.2 Å². The van der Waals surface area contributed by atoms with Crippen LogP contribution in [0.3, 0.4) is 0 Å². The summed E-state index contributed by atoms with van der Waals surface area (Å²) in [5.41, 5.74) is 2.46. The number of hydrogen-bond acceptors (Lipinski definition) is 3. The highest BCUT2D eigenvalue weighted by Crippen LogP contribution is 2.30. The van der Waals surface area contributed by atoms with Crippen molar-refractivity contribution in [3.63, 3.8) is 0 Å². The van der Waals surface area contributed by atoms with Crippen LogP contribution in [0.2, 0.25) is 0 Å². The van der Waals surface area contributed by atoms with Gasteiger partial charge in [0.2, 0.25) is 0 Å². The molecule has 22 heavy (non-hydrogen) atoms. The molecule has 0 aliphatic carbocycles. The van der Waals surface area contributed by atoms with Crippen LogP contribution in [0.1, 0.15) is 38.1 Å². The molecule has 0 aliphatic rings. The van der Waals surface area contributed by atoms with Crippen LogP contribution in [-0.4, -0.2) is 17.8 Å². The molecule has 0 spiro atoms. The summed E-state index contributed by atoms with van der Waals surface area (Å²) in [6.07, 6.45) is 2.06. The Hall–Kier alpha value is -1.94. The van der Waals surface area contributed by atoms with E-state index in [9.17, 15) is 0 Å². The van der Waals surface area contributed by atoms with Crippen molar-refractivity contribution in [2.24, 2.45) is 7.05 Å². The Balaban J connectivity index is 2.06. The van der Waals surface area contributed by atoms with Gasteiger partial charge in [0.25, 0.3) is 0 Å². The van der Waals surface area contributed by atoms with Crippen LogP contribution in [0.5, 0.6) is 11.5 Å². The first-order valence-corrected chi connectivity index (χ1v) is 7.88. The van der Waals surface area contributed by atoms with Gasteiger partial charge >= 0.3 is 0 Å². The zero-order valence-electron chi connectivity index (χ0n) is 13.9. The first-order chi connectivity index (χ1) is 10.7. The number of hydrogen-bond donors (Lipinski definition) is 1. The fourth-order valence-electron chi connectivity index (χ4n) is 2.39. The summed E-state index contributed by atoms with van der Waals surface area (Å²) < 4.78 is 13.4. The third-order valence-electron chi connectivity index (χ3n) is 3.71. The Labute approximate surface area is 133 Å². The Morgan fingerprint density at radius 1 is 1.09 bits per heavy atom. The van der Waals surface area contributed by atoms with Crippen LogP contribution in [0.25, 0.3) is 0 Å². The summed E-state index contributed by atoms with van der Waals surface area (Å²) in [6, 6.07) is 10.6. The van der Waals surface area contributed by atoms with E-state index in [1.54, 1.807) is 0 Å². The van der Waals surface area contributed by atoms with E-state index < -0.39 is 0 Å². The molecule has 1 aromatic heterocycles. The number of aromatic nitrogens is 1. The molecular weight excluding hydrogens is 276 g/mol. The van der Waals surface area contributed by atoms with Crippen molar-refractivity contribution in [3.8, 4) is 11.5 Å². The third kappa shape index (κ3) is 4.04. The summed E-state index contributed by atoms with van der Waals surface area (Å²) in [6.45, 7) is 8.23. The molecule has 0 aliphatic heterocycles. The molecule has 120 valence electrons. The molecule has 4 heteroatoms. The second-order valence-electron chi connectivity index (χ2n) is 5.29. The highest BCUT2D eigenvalue weighted by Gasteiger charge is 2.11. The van der Waals surface area contributed by atoms with Crippen LogP contribution in [-0.2, 0) is 13.6 Å². The van der Waals surface area contributed by atoms with E-state index in [0.717, 1.165) is 18.0 Å². The molecule has 0 saturated heterocycles. The van der Waals surface area contributed by atoms with Gasteiger partial charge in [0, 0.05) is 31.5 Å². The topological polar surface area (TPSA) is 35.4 Å². The second-order valence-corrected chi connectivity index (χ2v) is 5.29. The van der Waals surface area contributed by atoms with Crippen molar-refractivity contribution in [1.82, 2.24) is 9.88 Å². The maximum atomic E-state index is 5.69. The van der Waals surface area contributed by atoms with Crippen molar-refractivity contribution in [1.29, 1.82) is 0 Å². The molecule has 0 fully saturated rings. The zero-order chi connectivity index (χ0) is 15.9. The lowest BCUT2D eigenvalue weighted by Crippen LogP contribution is -2.19. The number of nitrogens with zero attached hydrogens (tertiary/aromatic N) is 1. The van der Waals surface area contributed by atoms with Gasteiger partial charge in [0.1, 0.15) is 0 Å². The van der Waals surface area contributed by atoms with Gasteiger partial charge in [-0.25, -0.2) is 0 Å². The maximum absolute atomic E-state index is 5.69. The third-order valence-corrected chi connectivity index (χ3v) is 3.71. The normalized spacial score (nSPS) is 12.2. The summed E-state index contributed by atoms with van der Waals surface area (Å²) in [7, 11) is 2.06. The van der Waals surface area contributed by atoms with E-state index in [2.05, 4.69) is 54.3 Å². The first kappa shape index (κ1) is 16.4. The quantitative estimate of drug-likeness (QED) is 0.808. The molecule has 4 nitrogen and oxygen atoms in total. The molecule has 1 heterocycles. The molecule has 1 atom stereocenters. The average molecular weight is 302 g/mol. The van der Waals surface area contributed by atoms with Gasteiger partial charge in [0.15, 0.2) is 11.5 Å². The van der Waals surface area contributed by atoms with Crippen molar-refractivity contribution in [3.05, 3.63) is 47.8 Å². The SMILES string of the molecule is CCOc1ccc(C(C)NCc2cccn2C)cc1OCC.